The highest BCUT2D eigenvalue weighted by Gasteiger charge is 2.16. The van der Waals surface area contributed by atoms with E-state index in [0.717, 1.165) is 14.9 Å². The van der Waals surface area contributed by atoms with Crippen LogP contribution in [0.25, 0.3) is 6.08 Å². The van der Waals surface area contributed by atoms with Gasteiger partial charge in [-0.3, -0.25) is 14.4 Å². The predicted molar refractivity (Wildman–Crippen MR) is 168 cm³/mol. The molecule has 4 rings (SSSR count). The quantitative estimate of drug-likeness (QED) is 0.124. The number of hydrogen-bond acceptors (Lipinski definition) is 5. The Bertz CT molecular complexity index is 1580. The molecule has 208 valence electrons. The second-order valence-corrected chi connectivity index (χ2v) is 11.0. The SMILES string of the molecule is COc1ccc(NC(=O)CSc2cccc(NC(=O)/C(=C/c3ccc(Br)cc3)NC(=O)c3ccccc3)c2)cc1Cl. The van der Waals surface area contributed by atoms with Gasteiger partial charge in [-0.15, -0.1) is 11.8 Å². The van der Waals surface area contributed by atoms with Crippen molar-refractivity contribution < 1.29 is 19.1 Å². The number of methoxy groups -OCH3 is 1. The highest BCUT2D eigenvalue weighted by Crippen LogP contribution is 2.28. The summed E-state index contributed by atoms with van der Waals surface area (Å²) in [6, 6.07) is 28.1. The summed E-state index contributed by atoms with van der Waals surface area (Å²) in [5, 5.41) is 8.77. The summed E-state index contributed by atoms with van der Waals surface area (Å²) in [6.45, 7) is 0. The van der Waals surface area contributed by atoms with E-state index in [9.17, 15) is 14.4 Å². The van der Waals surface area contributed by atoms with Crippen LogP contribution in [0.3, 0.4) is 0 Å². The lowest BCUT2D eigenvalue weighted by atomic mass is 10.1. The lowest BCUT2D eigenvalue weighted by Gasteiger charge is -2.12. The van der Waals surface area contributed by atoms with E-state index in [1.54, 1.807) is 66.7 Å². The molecule has 0 saturated carbocycles. The van der Waals surface area contributed by atoms with Crippen molar-refractivity contribution in [3.63, 3.8) is 0 Å². The number of thioether (sulfide) groups is 1. The number of nitrogens with one attached hydrogen (secondary N) is 3. The molecule has 10 heteroatoms. The summed E-state index contributed by atoms with van der Waals surface area (Å²) in [7, 11) is 1.52. The topological polar surface area (TPSA) is 96.5 Å². The van der Waals surface area contributed by atoms with E-state index in [2.05, 4.69) is 31.9 Å². The Labute approximate surface area is 255 Å². The largest absolute Gasteiger partial charge is 0.495 e. The molecule has 0 fully saturated rings. The zero-order valence-corrected chi connectivity index (χ0v) is 25.0. The van der Waals surface area contributed by atoms with Crippen molar-refractivity contribution in [2.24, 2.45) is 0 Å². The summed E-state index contributed by atoms with van der Waals surface area (Å²) in [5.41, 5.74) is 2.32. The van der Waals surface area contributed by atoms with Crippen LogP contribution in [0.15, 0.2) is 112 Å². The highest BCUT2D eigenvalue weighted by molar-refractivity contribution is 9.10. The van der Waals surface area contributed by atoms with Gasteiger partial charge in [0, 0.05) is 26.3 Å². The summed E-state index contributed by atoms with van der Waals surface area (Å²) < 4.78 is 6.03. The normalized spacial score (nSPS) is 11.0. The summed E-state index contributed by atoms with van der Waals surface area (Å²) in [4.78, 5) is 39.4. The Morgan fingerprint density at radius 3 is 2.32 bits per heavy atom. The smallest absolute Gasteiger partial charge is 0.272 e. The predicted octanol–water partition coefficient (Wildman–Crippen LogP) is 7.25. The lowest BCUT2D eigenvalue weighted by Crippen LogP contribution is -2.30. The maximum absolute atomic E-state index is 13.3. The van der Waals surface area contributed by atoms with E-state index in [4.69, 9.17) is 16.3 Å². The van der Waals surface area contributed by atoms with Gasteiger partial charge < -0.3 is 20.7 Å². The van der Waals surface area contributed by atoms with Crippen molar-refractivity contribution in [2.45, 2.75) is 4.90 Å². The molecular weight excluding hydrogens is 626 g/mol. The van der Waals surface area contributed by atoms with Crippen LogP contribution in [0, 0.1) is 0 Å². The Balaban J connectivity index is 1.43. The number of ether oxygens (including phenoxy) is 1. The van der Waals surface area contributed by atoms with Gasteiger partial charge in [0.1, 0.15) is 11.4 Å². The first kappa shape index (κ1) is 29.9. The third-order valence-electron chi connectivity index (χ3n) is 5.61. The molecule has 7 nitrogen and oxygen atoms in total. The number of halogens is 2. The third kappa shape index (κ3) is 8.97. The van der Waals surface area contributed by atoms with Gasteiger partial charge in [0.05, 0.1) is 17.9 Å². The minimum atomic E-state index is -0.492. The molecule has 0 aliphatic carbocycles. The molecule has 0 heterocycles. The molecule has 0 unspecified atom stereocenters. The second-order valence-electron chi connectivity index (χ2n) is 8.60. The van der Waals surface area contributed by atoms with Crippen molar-refractivity contribution >= 4 is 74.5 Å². The molecule has 4 aromatic rings. The zero-order valence-electron chi connectivity index (χ0n) is 21.8. The van der Waals surface area contributed by atoms with E-state index in [0.29, 0.717) is 27.7 Å². The molecule has 0 atom stereocenters. The van der Waals surface area contributed by atoms with Crippen LogP contribution in [0.4, 0.5) is 11.4 Å². The summed E-state index contributed by atoms with van der Waals surface area (Å²) in [6.07, 6.45) is 1.61. The van der Waals surface area contributed by atoms with Gasteiger partial charge in [0.25, 0.3) is 11.8 Å². The fourth-order valence-electron chi connectivity index (χ4n) is 3.62. The van der Waals surface area contributed by atoms with Crippen LogP contribution in [0.2, 0.25) is 5.02 Å². The van der Waals surface area contributed by atoms with Crippen LogP contribution >= 0.6 is 39.3 Å². The third-order valence-corrected chi connectivity index (χ3v) is 7.43. The van der Waals surface area contributed by atoms with Gasteiger partial charge >= 0.3 is 0 Å². The maximum Gasteiger partial charge on any atom is 0.272 e. The molecule has 3 N–H and O–H groups in total. The van der Waals surface area contributed by atoms with Gasteiger partial charge in [-0.05, 0) is 72.3 Å². The lowest BCUT2D eigenvalue weighted by molar-refractivity contribution is -0.114. The first-order valence-electron chi connectivity index (χ1n) is 12.3. The van der Waals surface area contributed by atoms with Gasteiger partial charge in [-0.1, -0.05) is 63.9 Å². The number of hydrogen-bond donors (Lipinski definition) is 3. The fourth-order valence-corrected chi connectivity index (χ4v) is 4.90. The minimum absolute atomic E-state index is 0.0803. The molecule has 0 aliphatic heterocycles. The van der Waals surface area contributed by atoms with E-state index >= 15 is 0 Å². The second kappa shape index (κ2) is 14.5. The number of amides is 3. The van der Waals surface area contributed by atoms with Crippen molar-refractivity contribution in [3.8, 4) is 5.75 Å². The average Bonchev–Trinajstić information content (AvgIpc) is 2.97. The van der Waals surface area contributed by atoms with Crippen molar-refractivity contribution in [1.29, 1.82) is 0 Å². The van der Waals surface area contributed by atoms with E-state index in [1.165, 1.54) is 18.9 Å². The van der Waals surface area contributed by atoms with Crippen LogP contribution in [0.1, 0.15) is 15.9 Å². The van der Waals surface area contributed by atoms with Crippen LogP contribution in [0.5, 0.6) is 5.75 Å². The summed E-state index contributed by atoms with van der Waals surface area (Å²) >= 11 is 10.8. The molecule has 0 aromatic heterocycles. The van der Waals surface area contributed by atoms with Crippen molar-refractivity contribution in [1.82, 2.24) is 5.32 Å². The Hall–Kier alpha value is -4.05. The molecule has 0 radical (unpaired) electrons. The van der Waals surface area contributed by atoms with Gasteiger partial charge in [-0.25, -0.2) is 0 Å². The Morgan fingerprint density at radius 2 is 1.61 bits per heavy atom. The zero-order chi connectivity index (χ0) is 29.2. The number of carbonyl (C=O) groups excluding carboxylic acids is 3. The van der Waals surface area contributed by atoms with E-state index in [1.807, 2.05) is 36.4 Å². The average molecular weight is 651 g/mol. The number of benzene rings is 4. The first-order valence-corrected chi connectivity index (χ1v) is 14.5. The van der Waals surface area contributed by atoms with E-state index in [-0.39, 0.29) is 17.4 Å². The standard InChI is InChI=1S/C31H25BrClN3O4S/c1-40-28-15-14-24(18-26(28)33)34-29(37)19-41-25-9-5-8-23(17-25)35-31(39)27(16-20-10-12-22(32)13-11-20)36-30(38)21-6-3-2-4-7-21/h2-18H,19H2,1H3,(H,34,37)(H,35,39)(H,36,38)/b27-16-. The first-order chi connectivity index (χ1) is 19.8. The molecule has 4 aromatic carbocycles. The number of rotatable bonds is 10. The highest BCUT2D eigenvalue weighted by atomic mass is 79.9. The van der Waals surface area contributed by atoms with E-state index < -0.39 is 11.8 Å². The van der Waals surface area contributed by atoms with Crippen LogP contribution < -0.4 is 20.7 Å². The molecule has 0 aliphatic rings. The van der Waals surface area contributed by atoms with Gasteiger partial charge in [-0.2, -0.15) is 0 Å². The van der Waals surface area contributed by atoms with Crippen LogP contribution in [-0.4, -0.2) is 30.6 Å². The van der Waals surface area contributed by atoms with Gasteiger partial charge in [0.2, 0.25) is 5.91 Å². The van der Waals surface area contributed by atoms with Crippen LogP contribution in [-0.2, 0) is 9.59 Å². The minimum Gasteiger partial charge on any atom is -0.495 e. The Kier molecular flexibility index (Phi) is 10.6. The molecule has 41 heavy (non-hydrogen) atoms. The molecule has 3 amide bonds. The molecule has 0 bridgehead atoms. The molecule has 0 saturated heterocycles. The molecular formula is C31H25BrClN3O4S. The summed E-state index contributed by atoms with van der Waals surface area (Å²) in [5.74, 6) is -0.449. The van der Waals surface area contributed by atoms with Crippen molar-refractivity contribution in [2.75, 3.05) is 23.5 Å². The number of anilines is 2. The monoisotopic (exact) mass is 649 g/mol. The number of carbonyl (C=O) groups is 3. The maximum atomic E-state index is 13.3. The van der Waals surface area contributed by atoms with Gasteiger partial charge in [0.15, 0.2) is 0 Å². The fraction of sp³-hybridized carbons (Fsp3) is 0.0645. The Morgan fingerprint density at radius 1 is 0.878 bits per heavy atom. The molecule has 0 spiro atoms. The van der Waals surface area contributed by atoms with Crippen molar-refractivity contribution in [3.05, 3.63) is 123 Å².